The fourth-order valence-corrected chi connectivity index (χ4v) is 2.01. The van der Waals surface area contributed by atoms with Crippen LogP contribution >= 0.6 is 39.1 Å². The van der Waals surface area contributed by atoms with Crippen molar-refractivity contribution >= 4 is 50.0 Å². The first-order valence-corrected chi connectivity index (χ1v) is 5.53. The molecule has 0 unspecified atom stereocenters. The van der Waals surface area contributed by atoms with Crippen molar-refractivity contribution in [2.24, 2.45) is 0 Å². The van der Waals surface area contributed by atoms with Crippen molar-refractivity contribution in [3.8, 4) is 0 Å². The number of fused-ring (bicyclic) bond motifs is 1. The van der Waals surface area contributed by atoms with Crippen molar-refractivity contribution in [1.82, 2.24) is 9.97 Å². The minimum absolute atomic E-state index is 0.0675. The molecule has 0 atom stereocenters. The zero-order chi connectivity index (χ0) is 11.2. The second-order valence-electron chi connectivity index (χ2n) is 3.00. The van der Waals surface area contributed by atoms with Crippen LogP contribution in [-0.2, 0) is 0 Å². The zero-order valence-electron chi connectivity index (χ0n) is 7.48. The van der Waals surface area contributed by atoms with Gasteiger partial charge in [-0.1, -0.05) is 11.6 Å². The van der Waals surface area contributed by atoms with Crippen LogP contribution in [0, 0.1) is 12.7 Å². The Kier molecular flexibility index (Phi) is 2.83. The van der Waals surface area contributed by atoms with Gasteiger partial charge in [-0.15, -0.1) is 0 Å². The van der Waals surface area contributed by atoms with Crippen LogP contribution < -0.4 is 0 Å². The Morgan fingerprint density at radius 3 is 2.67 bits per heavy atom. The van der Waals surface area contributed by atoms with Crippen LogP contribution in [0.1, 0.15) is 5.56 Å². The van der Waals surface area contributed by atoms with Crippen LogP contribution in [0.2, 0.25) is 10.4 Å². The van der Waals surface area contributed by atoms with Crippen LogP contribution in [0.4, 0.5) is 4.39 Å². The van der Waals surface area contributed by atoms with E-state index in [0.29, 0.717) is 9.86 Å². The summed E-state index contributed by atoms with van der Waals surface area (Å²) < 4.78 is 14.1. The molecule has 0 aliphatic carbocycles. The van der Waals surface area contributed by atoms with Gasteiger partial charge in [0.25, 0.3) is 0 Å². The summed E-state index contributed by atoms with van der Waals surface area (Å²) in [4.78, 5) is 7.55. The predicted molar refractivity (Wildman–Crippen MR) is 62.0 cm³/mol. The maximum absolute atomic E-state index is 13.8. The molecule has 0 spiro atoms. The molecule has 2 rings (SSSR count). The summed E-state index contributed by atoms with van der Waals surface area (Å²) in [6, 6.07) is 1.71. The van der Waals surface area contributed by atoms with Gasteiger partial charge in [-0.3, -0.25) is 0 Å². The monoisotopic (exact) mass is 308 g/mol. The lowest BCUT2D eigenvalue weighted by molar-refractivity contribution is 0.628. The van der Waals surface area contributed by atoms with Crippen LogP contribution in [0.15, 0.2) is 10.5 Å². The molecule has 2 aromatic rings. The van der Waals surface area contributed by atoms with Crippen molar-refractivity contribution in [3.63, 3.8) is 0 Å². The summed E-state index contributed by atoms with van der Waals surface area (Å²) in [5.41, 5.74) is 0.852. The van der Waals surface area contributed by atoms with E-state index >= 15 is 0 Å². The first-order valence-electron chi connectivity index (χ1n) is 3.98. The van der Waals surface area contributed by atoms with E-state index in [1.54, 1.807) is 13.0 Å². The molecule has 0 amide bonds. The lowest BCUT2D eigenvalue weighted by atomic mass is 10.1. The van der Waals surface area contributed by atoms with Gasteiger partial charge in [0, 0.05) is 5.39 Å². The molecular formula is C9H4BrCl2FN2. The second kappa shape index (κ2) is 3.85. The average Bonchev–Trinajstić information content (AvgIpc) is 2.17. The van der Waals surface area contributed by atoms with Gasteiger partial charge in [0.05, 0.1) is 4.47 Å². The Labute approximate surface area is 104 Å². The smallest absolute Gasteiger partial charge is 0.215 e. The number of aryl methyl sites for hydroxylation is 1. The van der Waals surface area contributed by atoms with Gasteiger partial charge in [0.2, 0.25) is 5.28 Å². The number of benzene rings is 1. The van der Waals surface area contributed by atoms with Crippen molar-refractivity contribution in [3.05, 3.63) is 32.4 Å². The molecule has 0 aliphatic rings. The Morgan fingerprint density at radius 1 is 1.33 bits per heavy atom. The molecule has 0 saturated heterocycles. The fraction of sp³-hybridized carbons (Fsp3) is 0.111. The summed E-state index contributed by atoms with van der Waals surface area (Å²) in [7, 11) is 0. The third kappa shape index (κ3) is 1.82. The van der Waals surface area contributed by atoms with Crippen molar-refractivity contribution < 1.29 is 4.39 Å². The highest BCUT2D eigenvalue weighted by molar-refractivity contribution is 9.10. The third-order valence-corrected chi connectivity index (χ3v) is 3.41. The van der Waals surface area contributed by atoms with E-state index in [-0.39, 0.29) is 16.0 Å². The molecule has 78 valence electrons. The van der Waals surface area contributed by atoms with Crippen LogP contribution in [-0.4, -0.2) is 9.97 Å². The highest BCUT2D eigenvalue weighted by Crippen LogP contribution is 2.31. The summed E-state index contributed by atoms with van der Waals surface area (Å²) in [5.74, 6) is -0.476. The van der Waals surface area contributed by atoms with Gasteiger partial charge in [0.1, 0.15) is 10.7 Å². The summed E-state index contributed by atoms with van der Waals surface area (Å²) in [6.07, 6.45) is 0. The Hall–Kier alpha value is -0.450. The Balaban J connectivity index is 2.98. The van der Waals surface area contributed by atoms with E-state index in [2.05, 4.69) is 25.9 Å². The first-order chi connectivity index (χ1) is 7.00. The number of hydrogen-bond donors (Lipinski definition) is 0. The summed E-state index contributed by atoms with van der Waals surface area (Å²) in [6.45, 7) is 1.76. The fourth-order valence-electron chi connectivity index (χ4n) is 1.27. The maximum atomic E-state index is 13.8. The number of aromatic nitrogens is 2. The van der Waals surface area contributed by atoms with E-state index in [0.717, 1.165) is 5.56 Å². The minimum Gasteiger partial charge on any atom is -0.215 e. The predicted octanol–water partition coefficient (Wildman–Crippen LogP) is 4.15. The molecule has 0 saturated carbocycles. The minimum atomic E-state index is -0.476. The molecule has 0 radical (unpaired) electrons. The third-order valence-electron chi connectivity index (χ3n) is 1.98. The van der Waals surface area contributed by atoms with Crippen molar-refractivity contribution in [2.75, 3.05) is 0 Å². The van der Waals surface area contributed by atoms with E-state index in [1.807, 2.05) is 0 Å². The van der Waals surface area contributed by atoms with Crippen LogP contribution in [0.5, 0.6) is 0 Å². The van der Waals surface area contributed by atoms with Gasteiger partial charge in [-0.05, 0) is 46.1 Å². The molecule has 6 heteroatoms. The van der Waals surface area contributed by atoms with Gasteiger partial charge in [0.15, 0.2) is 5.82 Å². The topological polar surface area (TPSA) is 25.8 Å². The molecule has 0 N–H and O–H groups in total. The molecule has 0 bridgehead atoms. The molecule has 0 fully saturated rings. The van der Waals surface area contributed by atoms with Gasteiger partial charge >= 0.3 is 0 Å². The zero-order valence-corrected chi connectivity index (χ0v) is 10.6. The molecule has 1 aromatic carbocycles. The van der Waals surface area contributed by atoms with E-state index in [4.69, 9.17) is 23.2 Å². The molecule has 1 aromatic heterocycles. The highest BCUT2D eigenvalue weighted by Gasteiger charge is 2.14. The summed E-state index contributed by atoms with van der Waals surface area (Å²) >= 11 is 14.6. The van der Waals surface area contributed by atoms with E-state index in [1.165, 1.54) is 0 Å². The summed E-state index contributed by atoms with van der Waals surface area (Å²) in [5, 5.41) is 0.543. The number of nitrogens with zero attached hydrogens (tertiary/aromatic N) is 2. The lowest BCUT2D eigenvalue weighted by Crippen LogP contribution is -1.93. The largest absolute Gasteiger partial charge is 0.224 e. The average molecular weight is 310 g/mol. The Bertz CT molecular complexity index is 560. The first kappa shape index (κ1) is 11.0. The molecule has 1 heterocycles. The Morgan fingerprint density at radius 2 is 2.00 bits per heavy atom. The van der Waals surface area contributed by atoms with E-state index < -0.39 is 5.82 Å². The number of hydrogen-bond acceptors (Lipinski definition) is 2. The standard InChI is InChI=1S/C9H4BrCl2FN2/c1-3-2-4-7(6(13)5(3)10)14-9(12)15-8(4)11/h2H,1H3. The maximum Gasteiger partial charge on any atom is 0.224 e. The second-order valence-corrected chi connectivity index (χ2v) is 4.49. The van der Waals surface area contributed by atoms with Crippen molar-refractivity contribution in [2.45, 2.75) is 6.92 Å². The SMILES string of the molecule is Cc1cc2c(Cl)nc(Cl)nc2c(F)c1Br. The molecule has 0 aliphatic heterocycles. The molecule has 2 nitrogen and oxygen atoms in total. The van der Waals surface area contributed by atoms with Crippen LogP contribution in [0.3, 0.4) is 0 Å². The van der Waals surface area contributed by atoms with Crippen molar-refractivity contribution in [1.29, 1.82) is 0 Å². The van der Waals surface area contributed by atoms with Gasteiger partial charge in [-0.2, -0.15) is 0 Å². The molecule has 15 heavy (non-hydrogen) atoms. The number of rotatable bonds is 0. The van der Waals surface area contributed by atoms with Crippen LogP contribution in [0.25, 0.3) is 10.9 Å². The highest BCUT2D eigenvalue weighted by atomic mass is 79.9. The van der Waals surface area contributed by atoms with Gasteiger partial charge < -0.3 is 0 Å². The lowest BCUT2D eigenvalue weighted by Gasteiger charge is -2.05. The van der Waals surface area contributed by atoms with Gasteiger partial charge in [-0.25, -0.2) is 14.4 Å². The number of halogens is 4. The normalized spacial score (nSPS) is 11.0. The van der Waals surface area contributed by atoms with E-state index in [9.17, 15) is 4.39 Å². The molecular weight excluding hydrogens is 306 g/mol. The quantitative estimate of drug-likeness (QED) is 0.540.